The van der Waals surface area contributed by atoms with Crippen LogP contribution in [0.15, 0.2) is 42.5 Å². The van der Waals surface area contributed by atoms with Gasteiger partial charge >= 0.3 is 0 Å². The Kier molecular flexibility index (Phi) is 5.45. The van der Waals surface area contributed by atoms with Crippen LogP contribution in [0.3, 0.4) is 0 Å². The van der Waals surface area contributed by atoms with Crippen LogP contribution in [0.1, 0.15) is 17.5 Å². The van der Waals surface area contributed by atoms with E-state index in [-0.39, 0.29) is 5.91 Å². The molecule has 0 aromatic heterocycles. The molecule has 0 saturated carbocycles. The van der Waals surface area contributed by atoms with Crippen LogP contribution in [0, 0.1) is 11.3 Å². The van der Waals surface area contributed by atoms with Crippen LogP contribution in [0.2, 0.25) is 0 Å². The zero-order valence-corrected chi connectivity index (χ0v) is 15.9. The molecule has 4 rings (SSSR count). The Labute approximate surface area is 165 Å². The van der Waals surface area contributed by atoms with Crippen molar-refractivity contribution >= 4 is 17.3 Å². The maximum Gasteiger partial charge on any atom is 0.228 e. The third-order valence-electron chi connectivity index (χ3n) is 5.33. The predicted octanol–water partition coefficient (Wildman–Crippen LogP) is 2.64. The topological polar surface area (TPSA) is 68.6 Å². The monoisotopic (exact) mass is 376 g/mol. The maximum atomic E-state index is 11.4. The Morgan fingerprint density at radius 2 is 1.93 bits per heavy atom. The Hall–Kier alpha value is -3.04. The van der Waals surface area contributed by atoms with Gasteiger partial charge in [-0.1, -0.05) is 12.1 Å². The van der Waals surface area contributed by atoms with E-state index in [1.54, 1.807) is 0 Å². The first kappa shape index (κ1) is 18.3. The fraction of sp³-hybridized carbons (Fsp3) is 0.364. The minimum atomic E-state index is 0.0451. The first-order valence-electron chi connectivity index (χ1n) is 9.75. The van der Waals surface area contributed by atoms with Crippen LogP contribution in [-0.2, 0) is 11.2 Å². The fourth-order valence-corrected chi connectivity index (χ4v) is 3.83. The number of nitrogens with one attached hydrogen (secondary N) is 1. The molecule has 28 heavy (non-hydrogen) atoms. The van der Waals surface area contributed by atoms with Gasteiger partial charge in [0.2, 0.25) is 5.91 Å². The molecule has 1 amide bonds. The quantitative estimate of drug-likeness (QED) is 0.785. The fourth-order valence-electron chi connectivity index (χ4n) is 3.83. The van der Waals surface area contributed by atoms with Gasteiger partial charge in [-0.3, -0.25) is 9.69 Å². The molecule has 2 aliphatic heterocycles. The number of hydrogen-bond donors (Lipinski definition) is 1. The molecule has 6 nitrogen and oxygen atoms in total. The first-order chi connectivity index (χ1) is 13.7. The van der Waals surface area contributed by atoms with Crippen LogP contribution in [-0.4, -0.2) is 50.1 Å². The van der Waals surface area contributed by atoms with Crippen LogP contribution in [0.25, 0.3) is 0 Å². The highest BCUT2D eigenvalue weighted by Gasteiger charge is 2.19. The van der Waals surface area contributed by atoms with E-state index >= 15 is 0 Å². The summed E-state index contributed by atoms with van der Waals surface area (Å²) in [6.45, 7) is 5.52. The number of para-hydroxylation sites is 1. The maximum absolute atomic E-state index is 11.4. The summed E-state index contributed by atoms with van der Waals surface area (Å²) in [5, 5.41) is 12.1. The summed E-state index contributed by atoms with van der Waals surface area (Å²) in [4.78, 5) is 16.2. The van der Waals surface area contributed by atoms with E-state index in [0.717, 1.165) is 67.4 Å². The van der Waals surface area contributed by atoms with E-state index in [2.05, 4.69) is 21.2 Å². The number of carbonyl (C=O) groups is 1. The lowest BCUT2D eigenvalue weighted by Gasteiger charge is -2.36. The number of ether oxygens (including phenoxy) is 1. The summed E-state index contributed by atoms with van der Waals surface area (Å²) < 4.78 is 5.87. The van der Waals surface area contributed by atoms with Gasteiger partial charge in [0.25, 0.3) is 0 Å². The highest BCUT2D eigenvalue weighted by molar-refractivity contribution is 5.99. The van der Waals surface area contributed by atoms with Crippen molar-refractivity contribution in [2.75, 3.05) is 49.5 Å². The molecule has 0 radical (unpaired) electrons. The van der Waals surface area contributed by atoms with Crippen molar-refractivity contribution in [3.05, 3.63) is 53.6 Å². The highest BCUT2D eigenvalue weighted by atomic mass is 16.5. The lowest BCUT2D eigenvalue weighted by molar-refractivity contribution is -0.115. The molecule has 0 atom stereocenters. The number of nitrogens with zero attached hydrogens (tertiary/aromatic N) is 3. The molecule has 1 N–H and O–H groups in total. The van der Waals surface area contributed by atoms with E-state index in [4.69, 9.17) is 4.74 Å². The Bertz CT molecular complexity index is 898. The molecule has 2 heterocycles. The molecule has 6 heteroatoms. The van der Waals surface area contributed by atoms with Crippen molar-refractivity contribution in [2.24, 2.45) is 0 Å². The Morgan fingerprint density at radius 1 is 1.11 bits per heavy atom. The van der Waals surface area contributed by atoms with E-state index in [9.17, 15) is 10.1 Å². The van der Waals surface area contributed by atoms with Gasteiger partial charge in [0.05, 0.1) is 24.3 Å². The van der Waals surface area contributed by atoms with Gasteiger partial charge in [0, 0.05) is 38.4 Å². The lowest BCUT2D eigenvalue weighted by atomic mass is 10.1. The Balaban J connectivity index is 1.20. The number of amides is 1. The molecular formula is C22H24N4O2. The number of carbonyl (C=O) groups excluding carboxylic acids is 1. The first-order valence-corrected chi connectivity index (χ1v) is 9.75. The van der Waals surface area contributed by atoms with Crippen LogP contribution in [0.5, 0.6) is 5.75 Å². The molecule has 0 unspecified atom stereocenters. The number of hydrogen-bond acceptors (Lipinski definition) is 5. The van der Waals surface area contributed by atoms with Gasteiger partial charge in [0.1, 0.15) is 11.8 Å². The number of benzene rings is 2. The zero-order chi connectivity index (χ0) is 19.3. The van der Waals surface area contributed by atoms with Crippen LogP contribution < -0.4 is 15.0 Å². The van der Waals surface area contributed by atoms with Crippen molar-refractivity contribution in [3.63, 3.8) is 0 Å². The summed E-state index contributed by atoms with van der Waals surface area (Å²) in [7, 11) is 0. The summed E-state index contributed by atoms with van der Waals surface area (Å²) in [6, 6.07) is 15.9. The predicted molar refractivity (Wildman–Crippen MR) is 109 cm³/mol. The van der Waals surface area contributed by atoms with E-state index in [1.165, 1.54) is 0 Å². The average molecular weight is 376 g/mol. The molecule has 2 aromatic rings. The van der Waals surface area contributed by atoms with E-state index < -0.39 is 0 Å². The second kappa shape index (κ2) is 8.32. The van der Waals surface area contributed by atoms with E-state index in [1.807, 2.05) is 42.5 Å². The van der Waals surface area contributed by atoms with Crippen LogP contribution >= 0.6 is 0 Å². The number of anilines is 2. The standard InChI is InChI=1S/C22H24N4O2/c23-16-17-4-1-2-5-21(17)26-11-9-25(10-12-26)8-3-13-28-19-6-7-20-18(14-19)15-22(27)24-20/h1-2,4-7,14H,3,8-13,15H2,(H,24,27). The van der Waals surface area contributed by atoms with Crippen molar-refractivity contribution in [2.45, 2.75) is 12.8 Å². The average Bonchev–Trinajstić information content (AvgIpc) is 3.11. The third-order valence-corrected chi connectivity index (χ3v) is 5.33. The summed E-state index contributed by atoms with van der Waals surface area (Å²) >= 11 is 0. The molecule has 0 spiro atoms. The summed E-state index contributed by atoms with van der Waals surface area (Å²) in [5.41, 5.74) is 3.69. The van der Waals surface area contributed by atoms with Gasteiger partial charge in [-0.2, -0.15) is 5.26 Å². The molecule has 2 aliphatic rings. The van der Waals surface area contributed by atoms with Crippen molar-refractivity contribution in [3.8, 4) is 11.8 Å². The van der Waals surface area contributed by atoms with Gasteiger partial charge < -0.3 is 15.0 Å². The van der Waals surface area contributed by atoms with Gasteiger partial charge in [0.15, 0.2) is 0 Å². The smallest absolute Gasteiger partial charge is 0.228 e. The zero-order valence-electron chi connectivity index (χ0n) is 15.9. The minimum absolute atomic E-state index is 0.0451. The summed E-state index contributed by atoms with van der Waals surface area (Å²) in [5.74, 6) is 0.872. The van der Waals surface area contributed by atoms with Gasteiger partial charge in [-0.05, 0) is 42.3 Å². The largest absolute Gasteiger partial charge is 0.494 e. The SMILES string of the molecule is N#Cc1ccccc1N1CCN(CCCOc2ccc3c(c2)CC(=O)N3)CC1. The van der Waals surface area contributed by atoms with Crippen molar-refractivity contribution < 1.29 is 9.53 Å². The van der Waals surface area contributed by atoms with Crippen molar-refractivity contribution in [1.29, 1.82) is 5.26 Å². The minimum Gasteiger partial charge on any atom is -0.494 e. The van der Waals surface area contributed by atoms with Gasteiger partial charge in [-0.25, -0.2) is 0 Å². The number of rotatable bonds is 6. The second-order valence-corrected chi connectivity index (χ2v) is 7.20. The lowest BCUT2D eigenvalue weighted by Crippen LogP contribution is -2.47. The molecule has 2 aromatic carbocycles. The van der Waals surface area contributed by atoms with Crippen LogP contribution in [0.4, 0.5) is 11.4 Å². The Morgan fingerprint density at radius 3 is 2.75 bits per heavy atom. The third kappa shape index (κ3) is 4.10. The number of fused-ring (bicyclic) bond motifs is 1. The molecule has 144 valence electrons. The molecule has 0 aliphatic carbocycles. The normalized spacial score (nSPS) is 16.4. The second-order valence-electron chi connectivity index (χ2n) is 7.20. The number of piperazine rings is 1. The van der Waals surface area contributed by atoms with E-state index in [0.29, 0.717) is 13.0 Å². The molecule has 1 saturated heterocycles. The van der Waals surface area contributed by atoms with Gasteiger partial charge in [-0.15, -0.1) is 0 Å². The molecular weight excluding hydrogens is 352 g/mol. The van der Waals surface area contributed by atoms with Crippen molar-refractivity contribution in [1.82, 2.24) is 4.90 Å². The highest BCUT2D eigenvalue weighted by Crippen LogP contribution is 2.27. The molecule has 0 bridgehead atoms. The number of nitriles is 1. The molecule has 1 fully saturated rings. The summed E-state index contributed by atoms with van der Waals surface area (Å²) in [6.07, 6.45) is 1.40.